The standard InChI is InChI=1S/C17H21N3O4S/c1-23-14-7-5-13(6-8-14)20-11-10-19-17(20)25-12-15(21)18-9-3-4-16(22)24-2/h5-8,10-11H,3-4,9,12H2,1-2H3,(H,18,21). The van der Waals surface area contributed by atoms with Gasteiger partial charge in [0.05, 0.1) is 20.0 Å². The topological polar surface area (TPSA) is 82.5 Å². The van der Waals surface area contributed by atoms with E-state index in [1.165, 1.54) is 18.9 Å². The predicted molar refractivity (Wildman–Crippen MR) is 95.1 cm³/mol. The van der Waals surface area contributed by atoms with Crippen molar-refractivity contribution in [3.63, 3.8) is 0 Å². The van der Waals surface area contributed by atoms with Crippen LogP contribution in [0.4, 0.5) is 0 Å². The van der Waals surface area contributed by atoms with Crippen molar-refractivity contribution in [2.45, 2.75) is 18.0 Å². The zero-order chi connectivity index (χ0) is 18.1. The molecule has 2 rings (SSSR count). The Kier molecular flexibility index (Phi) is 7.34. The SMILES string of the molecule is COC(=O)CCCNC(=O)CSc1nccn1-c1ccc(OC)cc1. The first-order valence-corrected chi connectivity index (χ1v) is 8.76. The van der Waals surface area contributed by atoms with Crippen LogP contribution in [0.2, 0.25) is 0 Å². The van der Waals surface area contributed by atoms with Crippen LogP contribution in [0.3, 0.4) is 0 Å². The van der Waals surface area contributed by atoms with E-state index in [1.54, 1.807) is 13.3 Å². The van der Waals surface area contributed by atoms with E-state index in [4.69, 9.17) is 4.74 Å². The number of esters is 1. The first-order chi connectivity index (χ1) is 12.1. The maximum Gasteiger partial charge on any atom is 0.305 e. The number of carbonyl (C=O) groups excluding carboxylic acids is 2. The van der Waals surface area contributed by atoms with Gasteiger partial charge in [0.2, 0.25) is 5.91 Å². The Labute approximate surface area is 150 Å². The number of amides is 1. The molecule has 0 bridgehead atoms. The van der Waals surface area contributed by atoms with E-state index in [1.807, 2.05) is 35.0 Å². The van der Waals surface area contributed by atoms with Crippen molar-refractivity contribution in [2.24, 2.45) is 0 Å². The number of aromatic nitrogens is 2. The summed E-state index contributed by atoms with van der Waals surface area (Å²) in [5.41, 5.74) is 0.944. The Balaban J connectivity index is 1.82. The fraction of sp³-hybridized carbons (Fsp3) is 0.353. The minimum Gasteiger partial charge on any atom is -0.497 e. The number of methoxy groups -OCH3 is 2. The number of nitrogens with zero attached hydrogens (tertiary/aromatic N) is 2. The van der Waals surface area contributed by atoms with E-state index in [-0.39, 0.29) is 17.6 Å². The molecule has 7 nitrogen and oxygen atoms in total. The minimum absolute atomic E-state index is 0.0980. The molecule has 1 aromatic carbocycles. The molecule has 0 saturated heterocycles. The van der Waals surface area contributed by atoms with Gasteiger partial charge in [-0.15, -0.1) is 0 Å². The van der Waals surface area contributed by atoms with Gasteiger partial charge >= 0.3 is 5.97 Å². The maximum atomic E-state index is 11.9. The largest absolute Gasteiger partial charge is 0.497 e. The van der Waals surface area contributed by atoms with Gasteiger partial charge in [0.25, 0.3) is 0 Å². The second-order valence-electron chi connectivity index (χ2n) is 5.10. The number of carbonyl (C=O) groups is 2. The van der Waals surface area contributed by atoms with Crippen LogP contribution in [-0.2, 0) is 14.3 Å². The molecular formula is C17H21N3O4S. The summed E-state index contributed by atoms with van der Waals surface area (Å²) in [4.78, 5) is 27.2. The highest BCUT2D eigenvalue weighted by molar-refractivity contribution is 7.99. The van der Waals surface area contributed by atoms with Gasteiger partial charge in [-0.05, 0) is 30.7 Å². The van der Waals surface area contributed by atoms with Crippen LogP contribution in [-0.4, -0.2) is 47.9 Å². The molecule has 0 aliphatic carbocycles. The third-order valence-electron chi connectivity index (χ3n) is 3.40. The molecule has 1 heterocycles. The smallest absolute Gasteiger partial charge is 0.305 e. The fourth-order valence-corrected chi connectivity index (χ4v) is 2.88. The van der Waals surface area contributed by atoms with Crippen LogP contribution < -0.4 is 10.1 Å². The number of nitrogens with one attached hydrogen (secondary N) is 1. The normalized spacial score (nSPS) is 10.3. The highest BCUT2D eigenvalue weighted by Gasteiger charge is 2.09. The molecule has 2 aromatic rings. The first-order valence-electron chi connectivity index (χ1n) is 7.78. The zero-order valence-electron chi connectivity index (χ0n) is 14.2. The highest BCUT2D eigenvalue weighted by atomic mass is 32.2. The molecule has 0 fully saturated rings. The second-order valence-corrected chi connectivity index (χ2v) is 6.04. The number of hydrogen-bond acceptors (Lipinski definition) is 6. The first kappa shape index (κ1) is 18.9. The van der Waals surface area contributed by atoms with Crippen LogP contribution >= 0.6 is 11.8 Å². The predicted octanol–water partition coefficient (Wildman–Crippen LogP) is 2.04. The van der Waals surface area contributed by atoms with E-state index in [0.29, 0.717) is 19.4 Å². The maximum absolute atomic E-state index is 11.9. The van der Waals surface area contributed by atoms with Gasteiger partial charge in [0, 0.05) is 31.0 Å². The number of thioether (sulfide) groups is 1. The van der Waals surface area contributed by atoms with E-state index in [2.05, 4.69) is 15.0 Å². The molecule has 8 heteroatoms. The average molecular weight is 363 g/mol. The van der Waals surface area contributed by atoms with Crippen molar-refractivity contribution in [1.82, 2.24) is 14.9 Å². The molecule has 0 saturated carbocycles. The summed E-state index contributed by atoms with van der Waals surface area (Å²) in [7, 11) is 2.97. The summed E-state index contributed by atoms with van der Waals surface area (Å²) in [5.74, 6) is 0.666. The summed E-state index contributed by atoms with van der Waals surface area (Å²) in [6.07, 6.45) is 4.40. The van der Waals surface area contributed by atoms with E-state index in [9.17, 15) is 9.59 Å². The lowest BCUT2D eigenvalue weighted by molar-refractivity contribution is -0.140. The molecule has 0 aliphatic rings. The number of imidazole rings is 1. The summed E-state index contributed by atoms with van der Waals surface area (Å²) < 4.78 is 11.6. The van der Waals surface area contributed by atoms with Crippen LogP contribution in [0, 0.1) is 0 Å². The van der Waals surface area contributed by atoms with Gasteiger partial charge in [0.1, 0.15) is 5.75 Å². The highest BCUT2D eigenvalue weighted by Crippen LogP contribution is 2.22. The van der Waals surface area contributed by atoms with Crippen molar-refractivity contribution in [2.75, 3.05) is 26.5 Å². The van der Waals surface area contributed by atoms with Crippen molar-refractivity contribution >= 4 is 23.6 Å². The molecule has 1 N–H and O–H groups in total. The molecule has 0 spiro atoms. The second kappa shape index (κ2) is 9.73. The average Bonchev–Trinajstić information content (AvgIpc) is 3.12. The summed E-state index contributed by atoms with van der Waals surface area (Å²) in [6.45, 7) is 0.446. The van der Waals surface area contributed by atoms with Crippen LogP contribution in [0.5, 0.6) is 5.75 Å². The lowest BCUT2D eigenvalue weighted by Gasteiger charge is -2.08. The van der Waals surface area contributed by atoms with Crippen LogP contribution in [0.15, 0.2) is 41.8 Å². The molecule has 0 atom stereocenters. The monoisotopic (exact) mass is 363 g/mol. The molecule has 0 unspecified atom stereocenters. The quantitative estimate of drug-likeness (QED) is 0.417. The molecule has 1 amide bonds. The third kappa shape index (κ3) is 5.82. The molecule has 0 aliphatic heterocycles. The molecular weight excluding hydrogens is 342 g/mol. The molecule has 1 aromatic heterocycles. The minimum atomic E-state index is -0.273. The van der Waals surface area contributed by atoms with Gasteiger partial charge in [-0.25, -0.2) is 4.98 Å². The Morgan fingerprint density at radius 2 is 2.00 bits per heavy atom. The number of rotatable bonds is 9. The Morgan fingerprint density at radius 3 is 2.68 bits per heavy atom. The molecule has 134 valence electrons. The van der Waals surface area contributed by atoms with Crippen molar-refractivity contribution in [3.05, 3.63) is 36.7 Å². The van der Waals surface area contributed by atoms with Crippen LogP contribution in [0.1, 0.15) is 12.8 Å². The van der Waals surface area contributed by atoms with Crippen LogP contribution in [0.25, 0.3) is 5.69 Å². The van der Waals surface area contributed by atoms with Gasteiger partial charge in [0.15, 0.2) is 5.16 Å². The summed E-state index contributed by atoms with van der Waals surface area (Å²) in [5, 5.41) is 3.51. The van der Waals surface area contributed by atoms with Crippen molar-refractivity contribution in [3.8, 4) is 11.4 Å². The Morgan fingerprint density at radius 1 is 1.24 bits per heavy atom. The number of ether oxygens (including phenoxy) is 2. The van der Waals surface area contributed by atoms with Gasteiger partial charge in [-0.3, -0.25) is 14.2 Å². The van der Waals surface area contributed by atoms with E-state index >= 15 is 0 Å². The number of hydrogen-bond donors (Lipinski definition) is 1. The zero-order valence-corrected chi connectivity index (χ0v) is 15.0. The van der Waals surface area contributed by atoms with Gasteiger partial charge in [-0.1, -0.05) is 11.8 Å². The molecule has 25 heavy (non-hydrogen) atoms. The Bertz CT molecular complexity index is 700. The lowest BCUT2D eigenvalue weighted by Crippen LogP contribution is -2.26. The van der Waals surface area contributed by atoms with E-state index < -0.39 is 0 Å². The molecule has 0 radical (unpaired) electrons. The fourth-order valence-electron chi connectivity index (χ4n) is 2.08. The van der Waals surface area contributed by atoms with Crippen molar-refractivity contribution in [1.29, 1.82) is 0 Å². The van der Waals surface area contributed by atoms with E-state index in [0.717, 1.165) is 16.6 Å². The third-order valence-corrected chi connectivity index (χ3v) is 4.36. The van der Waals surface area contributed by atoms with Gasteiger partial charge < -0.3 is 14.8 Å². The van der Waals surface area contributed by atoms with Crippen molar-refractivity contribution < 1.29 is 19.1 Å². The summed E-state index contributed by atoms with van der Waals surface area (Å²) >= 11 is 1.35. The lowest BCUT2D eigenvalue weighted by atomic mass is 10.3. The number of benzene rings is 1. The summed E-state index contributed by atoms with van der Waals surface area (Å²) in [6, 6.07) is 7.60. The Hall–Kier alpha value is -2.48. The van der Waals surface area contributed by atoms with Gasteiger partial charge in [-0.2, -0.15) is 0 Å².